The molecular weight excluding hydrogens is 300 g/mol. The van der Waals surface area contributed by atoms with E-state index >= 15 is 0 Å². The number of fused-ring (bicyclic) bond motifs is 1. The van der Waals surface area contributed by atoms with Crippen LogP contribution in [0.4, 0.5) is 0 Å². The van der Waals surface area contributed by atoms with Gasteiger partial charge in [0.05, 0.1) is 14.2 Å². The van der Waals surface area contributed by atoms with E-state index < -0.39 is 0 Å². The van der Waals surface area contributed by atoms with E-state index in [0.717, 1.165) is 39.8 Å². The quantitative estimate of drug-likeness (QED) is 0.619. The number of carbonyl (C=O) groups excluding carboxylic acids is 1. The molecule has 0 atom stereocenters. The molecule has 3 aromatic carbocycles. The number of aryl methyl sites for hydroxylation is 1. The zero-order valence-electron chi connectivity index (χ0n) is 13.9. The highest BCUT2D eigenvalue weighted by Crippen LogP contribution is 2.22. The maximum atomic E-state index is 12.3. The standard InChI is InChI=1S/C21H20O3/c1-23-19-9-6-16(7-10-19)21(22)12-4-15-3-5-18-14-20(24-2)11-8-17(18)13-15/h3,5-11,13-14H,4,12H2,1-2H3. The molecule has 0 N–H and O–H groups in total. The summed E-state index contributed by atoms with van der Waals surface area (Å²) in [6, 6.07) is 19.6. The van der Waals surface area contributed by atoms with Crippen molar-refractivity contribution in [3.8, 4) is 11.5 Å². The first kappa shape index (κ1) is 16.1. The van der Waals surface area contributed by atoms with Crippen molar-refractivity contribution >= 4 is 16.6 Å². The van der Waals surface area contributed by atoms with Gasteiger partial charge in [0.1, 0.15) is 11.5 Å². The topological polar surface area (TPSA) is 35.5 Å². The van der Waals surface area contributed by atoms with Crippen LogP contribution >= 0.6 is 0 Å². The molecule has 3 heteroatoms. The second-order valence-electron chi connectivity index (χ2n) is 5.70. The van der Waals surface area contributed by atoms with Crippen LogP contribution < -0.4 is 9.47 Å². The highest BCUT2D eigenvalue weighted by atomic mass is 16.5. The molecule has 0 unspecified atom stereocenters. The number of Topliss-reactive ketones (excluding diaryl/α,β-unsaturated/α-hetero) is 1. The summed E-state index contributed by atoms with van der Waals surface area (Å²) in [5.41, 5.74) is 1.89. The van der Waals surface area contributed by atoms with Gasteiger partial charge in [0.15, 0.2) is 5.78 Å². The van der Waals surface area contributed by atoms with Crippen molar-refractivity contribution in [1.29, 1.82) is 0 Å². The Morgan fingerprint density at radius 1 is 0.792 bits per heavy atom. The average Bonchev–Trinajstić information content (AvgIpc) is 2.65. The maximum Gasteiger partial charge on any atom is 0.163 e. The monoisotopic (exact) mass is 320 g/mol. The second-order valence-corrected chi connectivity index (χ2v) is 5.70. The molecule has 0 aliphatic carbocycles. The number of ketones is 1. The summed E-state index contributed by atoms with van der Waals surface area (Å²) in [6.45, 7) is 0. The lowest BCUT2D eigenvalue weighted by Gasteiger charge is -2.06. The van der Waals surface area contributed by atoms with E-state index in [9.17, 15) is 4.79 Å². The van der Waals surface area contributed by atoms with Crippen molar-refractivity contribution in [1.82, 2.24) is 0 Å². The molecule has 122 valence electrons. The lowest BCUT2D eigenvalue weighted by atomic mass is 10.00. The van der Waals surface area contributed by atoms with Gasteiger partial charge < -0.3 is 9.47 Å². The molecule has 0 aliphatic rings. The smallest absolute Gasteiger partial charge is 0.163 e. The third kappa shape index (κ3) is 3.57. The lowest BCUT2D eigenvalue weighted by Crippen LogP contribution is -2.01. The summed E-state index contributed by atoms with van der Waals surface area (Å²) >= 11 is 0. The Balaban J connectivity index is 1.69. The molecule has 0 bridgehead atoms. The molecule has 0 heterocycles. The predicted octanol–water partition coefficient (Wildman–Crippen LogP) is 4.67. The zero-order valence-corrected chi connectivity index (χ0v) is 13.9. The van der Waals surface area contributed by atoms with Gasteiger partial charge in [-0.3, -0.25) is 4.79 Å². The van der Waals surface area contributed by atoms with Gasteiger partial charge in [-0.2, -0.15) is 0 Å². The van der Waals surface area contributed by atoms with Crippen LogP contribution in [0.3, 0.4) is 0 Å². The Hall–Kier alpha value is -2.81. The van der Waals surface area contributed by atoms with Crippen molar-refractivity contribution in [2.24, 2.45) is 0 Å². The summed E-state index contributed by atoms with van der Waals surface area (Å²) in [5.74, 6) is 1.76. The maximum absolute atomic E-state index is 12.3. The molecule has 3 aromatic rings. The van der Waals surface area contributed by atoms with Crippen LogP contribution in [0.5, 0.6) is 11.5 Å². The number of hydrogen-bond donors (Lipinski definition) is 0. The molecule has 0 amide bonds. The summed E-state index contributed by atoms with van der Waals surface area (Å²) < 4.78 is 10.4. The Labute approximate surface area is 141 Å². The van der Waals surface area contributed by atoms with Gasteiger partial charge in [0.2, 0.25) is 0 Å². The minimum absolute atomic E-state index is 0.146. The normalized spacial score (nSPS) is 10.6. The number of ether oxygens (including phenoxy) is 2. The van der Waals surface area contributed by atoms with Crippen LogP contribution in [0.25, 0.3) is 10.8 Å². The highest BCUT2D eigenvalue weighted by molar-refractivity contribution is 5.96. The van der Waals surface area contributed by atoms with Gasteiger partial charge in [-0.15, -0.1) is 0 Å². The number of hydrogen-bond acceptors (Lipinski definition) is 3. The van der Waals surface area contributed by atoms with Crippen LogP contribution in [-0.2, 0) is 6.42 Å². The molecule has 0 aromatic heterocycles. The van der Waals surface area contributed by atoms with Gasteiger partial charge in [0, 0.05) is 12.0 Å². The number of methoxy groups -OCH3 is 2. The number of rotatable bonds is 6. The van der Waals surface area contributed by atoms with Crippen LogP contribution in [0, 0.1) is 0 Å². The van der Waals surface area contributed by atoms with E-state index in [1.807, 2.05) is 42.5 Å². The first-order valence-corrected chi connectivity index (χ1v) is 7.93. The molecule has 0 aliphatic heterocycles. The fraction of sp³-hybridized carbons (Fsp3) is 0.190. The van der Waals surface area contributed by atoms with Crippen LogP contribution in [0.1, 0.15) is 22.3 Å². The Bertz CT molecular complexity index is 851. The van der Waals surface area contributed by atoms with Gasteiger partial charge in [-0.05, 0) is 59.2 Å². The van der Waals surface area contributed by atoms with Crippen molar-refractivity contribution < 1.29 is 14.3 Å². The Morgan fingerprint density at radius 2 is 1.42 bits per heavy atom. The zero-order chi connectivity index (χ0) is 16.9. The fourth-order valence-corrected chi connectivity index (χ4v) is 2.73. The van der Waals surface area contributed by atoms with Gasteiger partial charge in [0.25, 0.3) is 0 Å². The fourth-order valence-electron chi connectivity index (χ4n) is 2.73. The minimum atomic E-state index is 0.146. The molecule has 24 heavy (non-hydrogen) atoms. The Morgan fingerprint density at radius 3 is 2.12 bits per heavy atom. The van der Waals surface area contributed by atoms with Crippen molar-refractivity contribution in [2.75, 3.05) is 14.2 Å². The first-order valence-electron chi connectivity index (χ1n) is 7.93. The van der Waals surface area contributed by atoms with E-state index in [1.165, 1.54) is 0 Å². The van der Waals surface area contributed by atoms with Crippen LogP contribution in [0.15, 0.2) is 60.7 Å². The highest BCUT2D eigenvalue weighted by Gasteiger charge is 2.07. The van der Waals surface area contributed by atoms with E-state index in [2.05, 4.69) is 18.2 Å². The molecule has 0 saturated carbocycles. The minimum Gasteiger partial charge on any atom is -0.497 e. The molecule has 3 rings (SSSR count). The average molecular weight is 320 g/mol. The second kappa shape index (κ2) is 7.18. The van der Waals surface area contributed by atoms with Crippen LogP contribution in [-0.4, -0.2) is 20.0 Å². The van der Waals surface area contributed by atoms with Crippen LogP contribution in [0.2, 0.25) is 0 Å². The third-order valence-corrected chi connectivity index (χ3v) is 4.16. The Kier molecular flexibility index (Phi) is 4.80. The lowest BCUT2D eigenvalue weighted by molar-refractivity contribution is 0.0983. The molecular formula is C21H20O3. The molecule has 3 nitrogen and oxygen atoms in total. The third-order valence-electron chi connectivity index (χ3n) is 4.16. The van der Waals surface area contributed by atoms with Crippen molar-refractivity contribution in [2.45, 2.75) is 12.8 Å². The number of carbonyl (C=O) groups is 1. The van der Waals surface area contributed by atoms with Crippen molar-refractivity contribution in [3.05, 3.63) is 71.8 Å². The molecule has 0 radical (unpaired) electrons. The predicted molar refractivity (Wildman–Crippen MR) is 96.1 cm³/mol. The van der Waals surface area contributed by atoms with E-state index in [4.69, 9.17) is 9.47 Å². The van der Waals surface area contributed by atoms with Gasteiger partial charge >= 0.3 is 0 Å². The summed E-state index contributed by atoms with van der Waals surface area (Å²) in [4.78, 5) is 12.3. The van der Waals surface area contributed by atoms with E-state index in [0.29, 0.717) is 6.42 Å². The van der Waals surface area contributed by atoms with Crippen molar-refractivity contribution in [3.63, 3.8) is 0 Å². The number of benzene rings is 3. The summed E-state index contributed by atoms with van der Waals surface area (Å²) in [6.07, 6.45) is 1.22. The van der Waals surface area contributed by atoms with Gasteiger partial charge in [-0.1, -0.05) is 24.3 Å². The summed E-state index contributed by atoms with van der Waals surface area (Å²) in [7, 11) is 3.28. The molecule has 0 fully saturated rings. The van der Waals surface area contributed by atoms with E-state index in [1.54, 1.807) is 14.2 Å². The SMILES string of the molecule is COc1ccc(C(=O)CCc2ccc3cc(OC)ccc3c2)cc1. The van der Waals surface area contributed by atoms with Gasteiger partial charge in [-0.25, -0.2) is 0 Å². The molecule has 0 saturated heterocycles. The largest absolute Gasteiger partial charge is 0.497 e. The summed E-state index contributed by atoms with van der Waals surface area (Å²) in [5, 5.41) is 2.30. The molecule has 0 spiro atoms. The van der Waals surface area contributed by atoms with E-state index in [-0.39, 0.29) is 5.78 Å². The first-order chi connectivity index (χ1) is 11.7.